The van der Waals surface area contributed by atoms with Crippen molar-refractivity contribution in [3.05, 3.63) is 18.0 Å². The maximum atomic E-state index is 12.5. The van der Waals surface area contributed by atoms with E-state index in [0.717, 1.165) is 16.7 Å². The van der Waals surface area contributed by atoms with Crippen molar-refractivity contribution >= 4 is 28.5 Å². The molecule has 0 aliphatic carbocycles. The first-order valence-electron chi connectivity index (χ1n) is 8.23. The summed E-state index contributed by atoms with van der Waals surface area (Å²) in [7, 11) is 1.84. The van der Waals surface area contributed by atoms with Gasteiger partial charge in [-0.15, -0.1) is 0 Å². The molecular formula is C17H23N5O2. The number of hydrogen-bond donors (Lipinski definition) is 1. The molecule has 0 spiro atoms. The summed E-state index contributed by atoms with van der Waals surface area (Å²) in [6.45, 7) is 7.24. The molecule has 1 fully saturated rings. The van der Waals surface area contributed by atoms with Crippen LogP contribution in [0.1, 0.15) is 26.0 Å². The molecule has 128 valence electrons. The van der Waals surface area contributed by atoms with Crippen LogP contribution in [0.15, 0.2) is 12.3 Å². The molecular weight excluding hydrogens is 306 g/mol. The molecule has 0 bridgehead atoms. The van der Waals surface area contributed by atoms with Gasteiger partial charge in [0.15, 0.2) is 5.65 Å². The summed E-state index contributed by atoms with van der Waals surface area (Å²) in [5.74, 6) is 0.0238. The summed E-state index contributed by atoms with van der Waals surface area (Å²) in [5.41, 5.74) is 2.29. The Morgan fingerprint density at radius 2 is 2.21 bits per heavy atom. The van der Waals surface area contributed by atoms with E-state index in [9.17, 15) is 9.59 Å². The molecule has 1 N–H and O–H groups in total. The minimum atomic E-state index is -0.304. The Morgan fingerprint density at radius 3 is 2.92 bits per heavy atom. The Morgan fingerprint density at radius 1 is 1.46 bits per heavy atom. The van der Waals surface area contributed by atoms with Gasteiger partial charge in [0.2, 0.25) is 11.8 Å². The third-order valence-electron chi connectivity index (χ3n) is 4.30. The summed E-state index contributed by atoms with van der Waals surface area (Å²) in [5, 5.41) is 8.13. The number of amides is 2. The number of pyridine rings is 1. The Kier molecular flexibility index (Phi) is 4.26. The van der Waals surface area contributed by atoms with E-state index in [1.165, 1.54) is 0 Å². The molecule has 1 aliphatic rings. The Labute approximate surface area is 141 Å². The molecule has 2 aromatic heterocycles. The van der Waals surface area contributed by atoms with Gasteiger partial charge in [0.25, 0.3) is 0 Å². The minimum absolute atomic E-state index is 0.0560. The fraction of sp³-hybridized carbons (Fsp3) is 0.529. The number of nitrogens with zero attached hydrogens (tertiary/aromatic N) is 4. The van der Waals surface area contributed by atoms with Crippen molar-refractivity contribution in [3.8, 4) is 0 Å². The number of fused-ring (bicyclic) bond motifs is 1. The molecule has 1 saturated heterocycles. The lowest BCUT2D eigenvalue weighted by atomic mass is 10.1. The zero-order chi connectivity index (χ0) is 17.4. The minimum Gasteiger partial charge on any atom is -0.342 e. The third kappa shape index (κ3) is 3.11. The molecule has 0 aromatic carbocycles. The molecule has 1 aliphatic heterocycles. The van der Waals surface area contributed by atoms with E-state index in [4.69, 9.17) is 0 Å². The molecule has 2 aromatic rings. The fourth-order valence-electron chi connectivity index (χ4n) is 3.19. The molecule has 0 saturated carbocycles. The van der Waals surface area contributed by atoms with Crippen molar-refractivity contribution in [1.29, 1.82) is 0 Å². The highest BCUT2D eigenvalue weighted by molar-refractivity contribution is 5.98. The van der Waals surface area contributed by atoms with Gasteiger partial charge >= 0.3 is 0 Å². The van der Waals surface area contributed by atoms with Crippen LogP contribution >= 0.6 is 0 Å². The van der Waals surface area contributed by atoms with Crippen LogP contribution in [0.5, 0.6) is 0 Å². The van der Waals surface area contributed by atoms with E-state index in [1.54, 1.807) is 15.8 Å². The maximum absolute atomic E-state index is 12.5. The van der Waals surface area contributed by atoms with E-state index in [-0.39, 0.29) is 24.2 Å². The van der Waals surface area contributed by atoms with Crippen LogP contribution in [-0.2, 0) is 16.6 Å². The SMILES string of the molecule is Cc1nn(C)c2ncc(NC(=O)C3CC(=O)N(CC(C)C)C3)cc12. The van der Waals surface area contributed by atoms with Gasteiger partial charge in [0.1, 0.15) is 0 Å². The summed E-state index contributed by atoms with van der Waals surface area (Å²) in [6.07, 6.45) is 1.91. The van der Waals surface area contributed by atoms with Crippen molar-refractivity contribution in [2.24, 2.45) is 18.9 Å². The molecule has 3 heterocycles. The van der Waals surface area contributed by atoms with Crippen LogP contribution in [0.3, 0.4) is 0 Å². The smallest absolute Gasteiger partial charge is 0.229 e. The average Bonchev–Trinajstić information content (AvgIpc) is 3.00. The molecule has 1 unspecified atom stereocenters. The van der Waals surface area contributed by atoms with Crippen molar-refractivity contribution in [2.75, 3.05) is 18.4 Å². The number of nitrogens with one attached hydrogen (secondary N) is 1. The van der Waals surface area contributed by atoms with Crippen LogP contribution in [0.25, 0.3) is 11.0 Å². The summed E-state index contributed by atoms with van der Waals surface area (Å²) >= 11 is 0. The zero-order valence-corrected chi connectivity index (χ0v) is 14.5. The number of likely N-dealkylation sites (tertiary alicyclic amines) is 1. The van der Waals surface area contributed by atoms with Gasteiger partial charge in [-0.3, -0.25) is 14.3 Å². The van der Waals surface area contributed by atoms with Crippen molar-refractivity contribution in [3.63, 3.8) is 0 Å². The molecule has 3 rings (SSSR count). The molecule has 1 atom stereocenters. The number of aryl methyl sites for hydroxylation is 2. The van der Waals surface area contributed by atoms with Gasteiger partial charge in [-0.1, -0.05) is 13.8 Å². The summed E-state index contributed by atoms with van der Waals surface area (Å²) < 4.78 is 1.72. The van der Waals surface area contributed by atoms with Crippen LogP contribution < -0.4 is 5.32 Å². The van der Waals surface area contributed by atoms with Gasteiger partial charge in [-0.25, -0.2) is 4.98 Å². The Bertz CT molecular complexity index is 796. The highest BCUT2D eigenvalue weighted by Crippen LogP contribution is 2.23. The number of carbonyl (C=O) groups is 2. The van der Waals surface area contributed by atoms with Crippen molar-refractivity contribution in [1.82, 2.24) is 19.7 Å². The number of rotatable bonds is 4. The second-order valence-corrected chi connectivity index (χ2v) is 6.89. The van der Waals surface area contributed by atoms with Crippen molar-refractivity contribution < 1.29 is 9.59 Å². The zero-order valence-electron chi connectivity index (χ0n) is 14.5. The fourth-order valence-corrected chi connectivity index (χ4v) is 3.19. The van der Waals surface area contributed by atoms with E-state index in [2.05, 4.69) is 29.2 Å². The number of hydrogen-bond acceptors (Lipinski definition) is 4. The topological polar surface area (TPSA) is 80.1 Å². The predicted octanol–water partition coefficient (Wildman–Crippen LogP) is 1.72. The van der Waals surface area contributed by atoms with Crippen LogP contribution in [-0.4, -0.2) is 44.6 Å². The van der Waals surface area contributed by atoms with Gasteiger partial charge in [0.05, 0.1) is 23.5 Å². The third-order valence-corrected chi connectivity index (χ3v) is 4.30. The summed E-state index contributed by atoms with van der Waals surface area (Å²) in [6, 6.07) is 1.88. The Balaban J connectivity index is 1.71. The van der Waals surface area contributed by atoms with Gasteiger partial charge in [-0.05, 0) is 18.9 Å². The highest BCUT2D eigenvalue weighted by Gasteiger charge is 2.34. The molecule has 7 heteroatoms. The highest BCUT2D eigenvalue weighted by atomic mass is 16.2. The first kappa shape index (κ1) is 16.4. The van der Waals surface area contributed by atoms with Crippen molar-refractivity contribution in [2.45, 2.75) is 27.2 Å². The van der Waals surface area contributed by atoms with Crippen LogP contribution in [0.4, 0.5) is 5.69 Å². The van der Waals surface area contributed by atoms with Gasteiger partial charge in [0, 0.05) is 31.9 Å². The summed E-state index contributed by atoms with van der Waals surface area (Å²) in [4.78, 5) is 30.6. The molecule has 24 heavy (non-hydrogen) atoms. The number of anilines is 1. The average molecular weight is 329 g/mol. The van der Waals surface area contributed by atoms with E-state index >= 15 is 0 Å². The lowest BCUT2D eigenvalue weighted by molar-refractivity contribution is -0.128. The normalized spacial score (nSPS) is 18.0. The first-order valence-corrected chi connectivity index (χ1v) is 8.23. The van der Waals surface area contributed by atoms with Gasteiger partial charge in [-0.2, -0.15) is 5.10 Å². The maximum Gasteiger partial charge on any atom is 0.229 e. The van der Waals surface area contributed by atoms with Crippen LogP contribution in [0.2, 0.25) is 0 Å². The second kappa shape index (κ2) is 6.22. The molecule has 0 radical (unpaired) electrons. The van der Waals surface area contributed by atoms with Crippen LogP contribution in [0, 0.1) is 18.8 Å². The second-order valence-electron chi connectivity index (χ2n) is 6.89. The van der Waals surface area contributed by atoms with E-state index in [1.807, 2.05) is 20.0 Å². The largest absolute Gasteiger partial charge is 0.342 e. The van der Waals surface area contributed by atoms with E-state index < -0.39 is 0 Å². The number of aromatic nitrogens is 3. The number of carbonyl (C=O) groups excluding carboxylic acids is 2. The standard InChI is InChI=1S/C17H23N5O2/c1-10(2)8-22-9-12(5-15(22)23)17(24)19-13-6-14-11(3)20-21(4)16(14)18-7-13/h6-7,10,12H,5,8-9H2,1-4H3,(H,19,24). The molecule has 2 amide bonds. The monoisotopic (exact) mass is 329 g/mol. The van der Waals surface area contributed by atoms with Gasteiger partial charge < -0.3 is 10.2 Å². The first-order chi connectivity index (χ1) is 11.3. The lowest BCUT2D eigenvalue weighted by Crippen LogP contribution is -2.31. The van der Waals surface area contributed by atoms with E-state index in [0.29, 0.717) is 24.7 Å². The predicted molar refractivity (Wildman–Crippen MR) is 91.4 cm³/mol. The molecule has 7 nitrogen and oxygen atoms in total. The lowest BCUT2D eigenvalue weighted by Gasteiger charge is -2.18. The Hall–Kier alpha value is -2.44. The quantitative estimate of drug-likeness (QED) is 0.926.